The van der Waals surface area contributed by atoms with E-state index in [0.717, 1.165) is 31.0 Å². The summed E-state index contributed by atoms with van der Waals surface area (Å²) in [5.41, 5.74) is 6.18. The summed E-state index contributed by atoms with van der Waals surface area (Å²) in [7, 11) is 7.92. The smallest absolute Gasteiger partial charge is 0.191 e. The van der Waals surface area contributed by atoms with Crippen LogP contribution < -0.4 is 15.5 Å². The van der Waals surface area contributed by atoms with Gasteiger partial charge in [0.25, 0.3) is 0 Å². The number of nitrogens with zero attached hydrogens (tertiary/aromatic N) is 4. The number of anilines is 1. The van der Waals surface area contributed by atoms with Crippen molar-refractivity contribution in [3.8, 4) is 0 Å². The van der Waals surface area contributed by atoms with Crippen molar-refractivity contribution in [1.82, 2.24) is 20.4 Å². The van der Waals surface area contributed by atoms with Gasteiger partial charge >= 0.3 is 0 Å². The van der Waals surface area contributed by atoms with Crippen LogP contribution in [-0.4, -0.2) is 49.5 Å². The number of aromatic nitrogens is 2. The Hall–Kier alpha value is -1.77. The lowest BCUT2D eigenvalue weighted by atomic mass is 10.1. The molecule has 1 atom stereocenters. The van der Waals surface area contributed by atoms with E-state index in [2.05, 4.69) is 84.8 Å². The molecule has 0 saturated carbocycles. The Morgan fingerprint density at radius 2 is 1.86 bits per heavy atom. The maximum atomic E-state index is 4.50. The van der Waals surface area contributed by atoms with Crippen molar-refractivity contribution in [1.29, 1.82) is 0 Å². The molecule has 0 bridgehead atoms. The molecule has 0 aliphatic heterocycles. The maximum Gasteiger partial charge on any atom is 0.191 e. The van der Waals surface area contributed by atoms with E-state index in [9.17, 15) is 0 Å². The van der Waals surface area contributed by atoms with Crippen molar-refractivity contribution in [2.24, 2.45) is 12.0 Å². The Labute approximate surface area is 186 Å². The molecular formula is C21H35IN6. The summed E-state index contributed by atoms with van der Waals surface area (Å²) < 4.78 is 1.95. The molecule has 0 aliphatic rings. The number of benzene rings is 1. The number of aryl methyl sites for hydroxylation is 2. The summed E-state index contributed by atoms with van der Waals surface area (Å²) in [6.07, 6.45) is 1.89. The third-order valence-corrected chi connectivity index (χ3v) is 4.93. The van der Waals surface area contributed by atoms with E-state index < -0.39 is 0 Å². The van der Waals surface area contributed by atoms with Crippen LogP contribution in [0.3, 0.4) is 0 Å². The van der Waals surface area contributed by atoms with Gasteiger partial charge in [-0.25, -0.2) is 0 Å². The largest absolute Gasteiger partial charge is 0.378 e. The van der Waals surface area contributed by atoms with Gasteiger partial charge in [-0.2, -0.15) is 5.10 Å². The first-order valence-corrected chi connectivity index (χ1v) is 9.54. The van der Waals surface area contributed by atoms with E-state index in [1.54, 1.807) is 0 Å². The normalized spacial score (nSPS) is 12.3. The minimum atomic E-state index is 0. The Balaban J connectivity index is 0.00000392. The maximum absolute atomic E-state index is 4.50. The number of hydrogen-bond acceptors (Lipinski definition) is 3. The fraction of sp³-hybridized carbons (Fsp3) is 0.524. The van der Waals surface area contributed by atoms with Gasteiger partial charge < -0.3 is 15.5 Å². The van der Waals surface area contributed by atoms with Crippen LogP contribution in [-0.2, 0) is 19.9 Å². The van der Waals surface area contributed by atoms with Gasteiger partial charge in [0.15, 0.2) is 5.96 Å². The van der Waals surface area contributed by atoms with E-state index in [1.165, 1.54) is 22.5 Å². The van der Waals surface area contributed by atoms with Crippen LogP contribution in [0.5, 0.6) is 0 Å². The third kappa shape index (κ3) is 6.68. The van der Waals surface area contributed by atoms with E-state index in [1.807, 2.05) is 18.8 Å². The molecule has 0 amide bonds. The molecule has 0 radical (unpaired) electrons. The lowest BCUT2D eigenvalue weighted by molar-refractivity contribution is 0.635. The summed E-state index contributed by atoms with van der Waals surface area (Å²) in [5, 5.41) is 11.4. The zero-order chi connectivity index (χ0) is 20.0. The van der Waals surface area contributed by atoms with Gasteiger partial charge in [0.05, 0.1) is 5.69 Å². The minimum Gasteiger partial charge on any atom is -0.378 e. The van der Waals surface area contributed by atoms with Gasteiger partial charge in [0, 0.05) is 52.2 Å². The highest BCUT2D eigenvalue weighted by molar-refractivity contribution is 14.0. The number of rotatable bonds is 7. The second kappa shape index (κ2) is 11.3. The summed E-state index contributed by atoms with van der Waals surface area (Å²) in [6.45, 7) is 7.22. The van der Waals surface area contributed by atoms with Crippen molar-refractivity contribution in [3.05, 3.63) is 46.8 Å². The van der Waals surface area contributed by atoms with Gasteiger partial charge in [-0.15, -0.1) is 24.0 Å². The lowest BCUT2D eigenvalue weighted by Crippen LogP contribution is -2.43. The molecule has 0 fully saturated rings. The predicted molar refractivity (Wildman–Crippen MR) is 130 cm³/mol. The number of nitrogens with one attached hydrogen (secondary N) is 2. The third-order valence-electron chi connectivity index (χ3n) is 4.93. The zero-order valence-electron chi connectivity index (χ0n) is 18.2. The summed E-state index contributed by atoms with van der Waals surface area (Å²) in [5.74, 6) is 0.839. The average Bonchev–Trinajstić information content (AvgIpc) is 2.87. The number of hydrogen-bond donors (Lipinski definition) is 2. The zero-order valence-corrected chi connectivity index (χ0v) is 20.5. The highest BCUT2D eigenvalue weighted by Gasteiger charge is 2.13. The Morgan fingerprint density at radius 1 is 1.21 bits per heavy atom. The summed E-state index contributed by atoms with van der Waals surface area (Å²) in [6, 6.07) is 8.96. The van der Waals surface area contributed by atoms with Crippen LogP contribution >= 0.6 is 24.0 Å². The molecule has 0 aliphatic carbocycles. The summed E-state index contributed by atoms with van der Waals surface area (Å²) in [4.78, 5) is 6.47. The molecule has 28 heavy (non-hydrogen) atoms. The minimum absolute atomic E-state index is 0. The van der Waals surface area contributed by atoms with Crippen molar-refractivity contribution in [2.45, 2.75) is 39.7 Å². The predicted octanol–water partition coefficient (Wildman–Crippen LogP) is 3.06. The molecule has 1 unspecified atom stereocenters. The first-order valence-electron chi connectivity index (χ1n) is 9.54. The fourth-order valence-electron chi connectivity index (χ4n) is 3.18. The quantitative estimate of drug-likeness (QED) is 0.350. The first-order chi connectivity index (χ1) is 12.8. The Kier molecular flexibility index (Phi) is 9.78. The topological polar surface area (TPSA) is 57.5 Å². The van der Waals surface area contributed by atoms with Crippen LogP contribution in [0.25, 0.3) is 0 Å². The summed E-state index contributed by atoms with van der Waals surface area (Å²) >= 11 is 0. The van der Waals surface area contributed by atoms with Crippen molar-refractivity contribution >= 4 is 35.6 Å². The van der Waals surface area contributed by atoms with Crippen LogP contribution in [0.2, 0.25) is 0 Å². The Bertz CT molecular complexity index is 764. The molecule has 2 N–H and O–H groups in total. The van der Waals surface area contributed by atoms with E-state index in [0.29, 0.717) is 0 Å². The second-order valence-corrected chi connectivity index (χ2v) is 7.33. The molecule has 6 nitrogen and oxygen atoms in total. The van der Waals surface area contributed by atoms with Crippen molar-refractivity contribution in [2.75, 3.05) is 32.6 Å². The van der Waals surface area contributed by atoms with Crippen molar-refractivity contribution < 1.29 is 0 Å². The fourth-order valence-corrected chi connectivity index (χ4v) is 3.18. The van der Waals surface area contributed by atoms with Crippen molar-refractivity contribution in [3.63, 3.8) is 0 Å². The molecular weight excluding hydrogens is 463 g/mol. The van der Waals surface area contributed by atoms with Crippen LogP contribution in [0.15, 0.2) is 29.3 Å². The van der Waals surface area contributed by atoms with E-state index in [4.69, 9.17) is 0 Å². The monoisotopic (exact) mass is 498 g/mol. The molecule has 0 saturated heterocycles. The molecule has 1 heterocycles. The molecule has 0 spiro atoms. The standard InChI is InChI=1S/C21H34N6.HI/c1-15(14-20-16(2)25-27(7)17(20)3)24-21(22-4)23-13-12-18-8-10-19(11-9-18)26(5)6;/h8-11,15H,12-14H2,1-7H3,(H2,22,23,24);1H. The molecule has 2 aromatic rings. The van der Waals surface area contributed by atoms with Crippen LogP contribution in [0, 0.1) is 13.8 Å². The SMILES string of the molecule is CN=C(NCCc1ccc(N(C)C)cc1)NC(C)Cc1c(C)nn(C)c1C.I. The van der Waals surface area contributed by atoms with E-state index in [-0.39, 0.29) is 30.0 Å². The van der Waals surface area contributed by atoms with Gasteiger partial charge in [-0.1, -0.05) is 12.1 Å². The van der Waals surface area contributed by atoms with Gasteiger partial charge in [0.1, 0.15) is 0 Å². The van der Waals surface area contributed by atoms with Crippen LogP contribution in [0.4, 0.5) is 5.69 Å². The van der Waals surface area contributed by atoms with Gasteiger partial charge in [-0.05, 0) is 56.9 Å². The molecule has 1 aromatic carbocycles. The van der Waals surface area contributed by atoms with Crippen LogP contribution in [0.1, 0.15) is 29.4 Å². The molecule has 156 valence electrons. The lowest BCUT2D eigenvalue weighted by Gasteiger charge is -2.18. The highest BCUT2D eigenvalue weighted by Crippen LogP contribution is 2.14. The van der Waals surface area contributed by atoms with Gasteiger partial charge in [0.2, 0.25) is 0 Å². The second-order valence-electron chi connectivity index (χ2n) is 7.33. The molecule has 1 aromatic heterocycles. The van der Waals surface area contributed by atoms with E-state index >= 15 is 0 Å². The average molecular weight is 498 g/mol. The van der Waals surface area contributed by atoms with Gasteiger partial charge in [-0.3, -0.25) is 9.67 Å². The Morgan fingerprint density at radius 3 is 2.36 bits per heavy atom. The molecule has 7 heteroatoms. The molecule has 2 rings (SSSR count). The number of guanidine groups is 1. The first kappa shape index (κ1) is 24.3. The number of aliphatic imine (C=N–C) groups is 1. The number of halogens is 1. The highest BCUT2D eigenvalue weighted by atomic mass is 127.